The van der Waals surface area contributed by atoms with E-state index in [9.17, 15) is 5.11 Å². The zero-order valence-corrected chi connectivity index (χ0v) is 13.0. The number of hydrogen-bond acceptors (Lipinski definition) is 6. The van der Waals surface area contributed by atoms with Gasteiger partial charge in [0.2, 0.25) is 5.95 Å². The summed E-state index contributed by atoms with van der Waals surface area (Å²) in [4.78, 5) is 8.91. The normalized spacial score (nSPS) is 21.6. The summed E-state index contributed by atoms with van der Waals surface area (Å²) in [5.74, 6) is 1.55. The van der Waals surface area contributed by atoms with E-state index in [4.69, 9.17) is 0 Å². The lowest BCUT2D eigenvalue weighted by atomic mass is 9.93. The maximum absolute atomic E-state index is 9.57. The third-order valence-electron chi connectivity index (χ3n) is 4.14. The number of nitrogens with one attached hydrogen (secondary N) is 2. The smallest absolute Gasteiger partial charge is 0.223 e. The molecule has 1 fully saturated rings. The zero-order valence-electron chi connectivity index (χ0n) is 13.0. The van der Waals surface area contributed by atoms with Crippen molar-refractivity contribution >= 4 is 11.8 Å². The highest BCUT2D eigenvalue weighted by Gasteiger charge is 2.20. The molecule has 0 radical (unpaired) electrons. The van der Waals surface area contributed by atoms with Crippen molar-refractivity contribution in [1.29, 1.82) is 0 Å². The van der Waals surface area contributed by atoms with Gasteiger partial charge in [0, 0.05) is 26.3 Å². The van der Waals surface area contributed by atoms with Crippen LogP contribution in [0.5, 0.6) is 0 Å². The first kappa shape index (κ1) is 14.8. The Morgan fingerprint density at radius 2 is 2.05 bits per heavy atom. The van der Waals surface area contributed by atoms with Gasteiger partial charge in [-0.15, -0.1) is 0 Å². The predicted octanol–water partition coefficient (Wildman–Crippen LogP) is 1.63. The topological polar surface area (TPSA) is 87.9 Å². The summed E-state index contributed by atoms with van der Waals surface area (Å²) >= 11 is 0. The van der Waals surface area contributed by atoms with E-state index in [0.29, 0.717) is 12.0 Å². The van der Waals surface area contributed by atoms with Crippen molar-refractivity contribution in [2.75, 3.05) is 17.7 Å². The van der Waals surface area contributed by atoms with Crippen LogP contribution in [0, 0.1) is 0 Å². The third-order valence-corrected chi connectivity index (χ3v) is 4.14. The van der Waals surface area contributed by atoms with Crippen molar-refractivity contribution in [2.24, 2.45) is 7.05 Å². The molecule has 3 N–H and O–H groups in total. The second-order valence-electron chi connectivity index (χ2n) is 5.70. The van der Waals surface area contributed by atoms with E-state index >= 15 is 0 Å². The van der Waals surface area contributed by atoms with Gasteiger partial charge >= 0.3 is 0 Å². The molecule has 2 aromatic rings. The summed E-state index contributed by atoms with van der Waals surface area (Å²) in [6, 6.07) is 2.21. The van der Waals surface area contributed by atoms with Crippen molar-refractivity contribution in [2.45, 2.75) is 37.8 Å². The average Bonchev–Trinajstić information content (AvgIpc) is 2.91. The maximum Gasteiger partial charge on any atom is 0.223 e. The molecular weight excluding hydrogens is 280 g/mol. The van der Waals surface area contributed by atoms with Crippen molar-refractivity contribution in [3.05, 3.63) is 18.5 Å². The molecule has 0 spiro atoms. The van der Waals surface area contributed by atoms with Crippen LogP contribution in [0.25, 0.3) is 11.3 Å². The van der Waals surface area contributed by atoms with E-state index in [1.807, 2.05) is 20.2 Å². The van der Waals surface area contributed by atoms with E-state index in [0.717, 1.165) is 42.8 Å². The Morgan fingerprint density at radius 1 is 1.27 bits per heavy atom. The Morgan fingerprint density at radius 3 is 2.77 bits per heavy atom. The van der Waals surface area contributed by atoms with Gasteiger partial charge in [0.15, 0.2) is 0 Å². The first-order valence-corrected chi connectivity index (χ1v) is 7.65. The number of aryl methyl sites for hydroxylation is 1. The molecule has 0 atom stereocenters. The summed E-state index contributed by atoms with van der Waals surface area (Å²) in [5.41, 5.74) is 1.79. The lowest BCUT2D eigenvalue weighted by molar-refractivity contribution is 0.126. The minimum absolute atomic E-state index is 0.154. The van der Waals surface area contributed by atoms with Crippen LogP contribution in [0.3, 0.4) is 0 Å². The van der Waals surface area contributed by atoms with Crippen LogP contribution >= 0.6 is 0 Å². The highest BCUT2D eigenvalue weighted by Crippen LogP contribution is 2.26. The average molecular weight is 302 g/mol. The molecule has 7 heteroatoms. The molecule has 0 aliphatic heterocycles. The van der Waals surface area contributed by atoms with Gasteiger partial charge in [0.1, 0.15) is 5.82 Å². The van der Waals surface area contributed by atoms with Gasteiger partial charge in [0.05, 0.1) is 23.6 Å². The summed E-state index contributed by atoms with van der Waals surface area (Å²) < 4.78 is 1.78. The lowest BCUT2D eigenvalue weighted by Gasteiger charge is -2.26. The molecule has 0 aromatic carbocycles. The van der Waals surface area contributed by atoms with Crippen molar-refractivity contribution in [3.63, 3.8) is 0 Å². The van der Waals surface area contributed by atoms with Crippen LogP contribution in [0.15, 0.2) is 18.5 Å². The van der Waals surface area contributed by atoms with Gasteiger partial charge in [-0.2, -0.15) is 5.10 Å². The number of hydrogen-bond donors (Lipinski definition) is 3. The van der Waals surface area contributed by atoms with Gasteiger partial charge in [-0.25, -0.2) is 9.97 Å². The van der Waals surface area contributed by atoms with Gasteiger partial charge < -0.3 is 15.7 Å². The Labute approximate surface area is 129 Å². The second kappa shape index (κ2) is 6.31. The Hall–Kier alpha value is -2.15. The molecule has 1 aliphatic rings. The van der Waals surface area contributed by atoms with Crippen LogP contribution in [-0.4, -0.2) is 44.0 Å². The zero-order chi connectivity index (χ0) is 15.5. The molecule has 0 bridgehead atoms. The molecule has 1 aliphatic carbocycles. The summed E-state index contributed by atoms with van der Waals surface area (Å²) in [5, 5.41) is 20.3. The van der Waals surface area contributed by atoms with Crippen molar-refractivity contribution in [3.8, 4) is 11.3 Å². The van der Waals surface area contributed by atoms with Gasteiger partial charge in [-0.05, 0) is 31.7 Å². The molecule has 7 nitrogen and oxygen atoms in total. The third kappa shape index (κ3) is 3.04. The molecule has 2 heterocycles. The Balaban J connectivity index is 1.78. The Bertz CT molecular complexity index is 633. The monoisotopic (exact) mass is 302 g/mol. The predicted molar refractivity (Wildman–Crippen MR) is 85.7 cm³/mol. The molecule has 22 heavy (non-hydrogen) atoms. The van der Waals surface area contributed by atoms with Crippen molar-refractivity contribution in [1.82, 2.24) is 19.7 Å². The maximum atomic E-state index is 9.57. The molecular formula is C15H22N6O. The van der Waals surface area contributed by atoms with Crippen LogP contribution < -0.4 is 10.6 Å². The van der Waals surface area contributed by atoms with Gasteiger partial charge in [-0.3, -0.25) is 4.68 Å². The standard InChI is InChI=1S/C15H22N6O/c1-16-14-12(9-18-21(14)2)13-7-8-17-15(20-13)19-10-3-5-11(22)6-4-10/h7-11,16,22H,3-6H2,1-2H3,(H,17,19,20). The molecule has 0 unspecified atom stereocenters. The lowest BCUT2D eigenvalue weighted by Crippen LogP contribution is -2.28. The van der Waals surface area contributed by atoms with Crippen LogP contribution in [-0.2, 0) is 7.05 Å². The highest BCUT2D eigenvalue weighted by molar-refractivity contribution is 5.72. The SMILES string of the molecule is CNc1c(-c2ccnc(NC3CCC(O)CC3)n2)cnn1C. The van der Waals surface area contributed by atoms with E-state index in [2.05, 4.69) is 25.7 Å². The second-order valence-corrected chi connectivity index (χ2v) is 5.70. The number of rotatable bonds is 4. The van der Waals surface area contributed by atoms with E-state index < -0.39 is 0 Å². The highest BCUT2D eigenvalue weighted by atomic mass is 16.3. The largest absolute Gasteiger partial charge is 0.393 e. The summed E-state index contributed by atoms with van der Waals surface area (Å²) in [6.45, 7) is 0. The summed E-state index contributed by atoms with van der Waals surface area (Å²) in [7, 11) is 3.76. The number of anilines is 2. The number of aliphatic hydroxyl groups excluding tert-OH is 1. The molecule has 0 saturated heterocycles. The minimum Gasteiger partial charge on any atom is -0.393 e. The summed E-state index contributed by atoms with van der Waals surface area (Å²) in [6.07, 6.45) is 6.98. The quantitative estimate of drug-likeness (QED) is 0.795. The van der Waals surface area contributed by atoms with Crippen LogP contribution in [0.4, 0.5) is 11.8 Å². The first-order valence-electron chi connectivity index (χ1n) is 7.65. The molecule has 118 valence electrons. The number of nitrogens with zero attached hydrogens (tertiary/aromatic N) is 4. The fraction of sp³-hybridized carbons (Fsp3) is 0.533. The van der Waals surface area contributed by atoms with E-state index in [1.165, 1.54) is 0 Å². The van der Waals surface area contributed by atoms with E-state index in [1.54, 1.807) is 17.1 Å². The molecule has 3 rings (SSSR count). The van der Waals surface area contributed by atoms with Gasteiger partial charge in [-0.1, -0.05) is 0 Å². The number of aromatic nitrogens is 4. The van der Waals surface area contributed by atoms with Gasteiger partial charge in [0.25, 0.3) is 0 Å². The fourth-order valence-corrected chi connectivity index (χ4v) is 2.90. The molecule has 0 amide bonds. The van der Waals surface area contributed by atoms with E-state index in [-0.39, 0.29) is 6.10 Å². The molecule has 2 aromatic heterocycles. The number of aliphatic hydroxyl groups is 1. The Kier molecular flexibility index (Phi) is 4.24. The first-order chi connectivity index (χ1) is 10.7. The minimum atomic E-state index is -0.154. The fourth-order valence-electron chi connectivity index (χ4n) is 2.90. The van der Waals surface area contributed by atoms with Crippen LogP contribution in [0.2, 0.25) is 0 Å². The molecule has 1 saturated carbocycles. The van der Waals surface area contributed by atoms with Crippen LogP contribution in [0.1, 0.15) is 25.7 Å². The van der Waals surface area contributed by atoms with Crippen molar-refractivity contribution < 1.29 is 5.11 Å².